The van der Waals surface area contributed by atoms with Crippen molar-refractivity contribution in [1.82, 2.24) is 21.3 Å². The molecule has 0 radical (unpaired) electrons. The fourth-order valence-corrected chi connectivity index (χ4v) is 6.56. The number of nitrogens with one attached hydrogen (secondary N) is 4. The summed E-state index contributed by atoms with van der Waals surface area (Å²) in [6, 6.07) is -0.875. The van der Waals surface area contributed by atoms with Crippen LogP contribution in [0.15, 0.2) is 4.84 Å². The first kappa shape index (κ1) is 52.8. The number of nitroso groups, excluding NO2 is 1. The molecule has 0 aromatic heterocycles. The van der Waals surface area contributed by atoms with E-state index in [2.05, 4.69) is 26.1 Å². The van der Waals surface area contributed by atoms with Gasteiger partial charge in [-0.05, 0) is 187 Å². The van der Waals surface area contributed by atoms with E-state index in [1.807, 2.05) is 61.2 Å². The summed E-state index contributed by atoms with van der Waals surface area (Å²) < 4.78 is 10.4. The Morgan fingerprint density at radius 3 is 0.911 bits per heavy atom. The summed E-state index contributed by atoms with van der Waals surface area (Å²) in [6.07, 6.45) is 13.0. The third kappa shape index (κ3) is 31.0. The molecule has 0 heterocycles. The van der Waals surface area contributed by atoms with Crippen molar-refractivity contribution in [3.8, 4) is 0 Å². The molecular formula is C39H81N9O7Si. The molecule has 12 N–H and O–H groups in total. The Balaban J connectivity index is 0.000000767. The van der Waals surface area contributed by atoms with Gasteiger partial charge in [-0.25, -0.2) is 19.2 Å². The number of amides is 6. The molecule has 0 aromatic rings. The molecule has 3 fully saturated rings. The number of carbonyl (C=O) groups excluding carboxylic acids is 4. The second kappa shape index (κ2) is 27.5. The summed E-state index contributed by atoms with van der Waals surface area (Å²) >= 11 is 0. The van der Waals surface area contributed by atoms with Crippen molar-refractivity contribution in [2.75, 3.05) is 39.3 Å². The summed E-state index contributed by atoms with van der Waals surface area (Å²) in [5.74, 6) is 3.57. The van der Waals surface area contributed by atoms with Crippen molar-refractivity contribution in [3.05, 3.63) is 4.91 Å². The molecule has 0 aromatic carbocycles. The van der Waals surface area contributed by atoms with Gasteiger partial charge in [-0.15, -0.1) is 4.84 Å². The predicted octanol–water partition coefficient (Wildman–Crippen LogP) is 6.27. The van der Waals surface area contributed by atoms with E-state index in [1.165, 1.54) is 38.5 Å². The lowest BCUT2D eigenvalue weighted by atomic mass is 9.82. The van der Waals surface area contributed by atoms with Crippen LogP contribution in [0.5, 0.6) is 0 Å². The van der Waals surface area contributed by atoms with Crippen molar-refractivity contribution >= 4 is 32.5 Å². The van der Waals surface area contributed by atoms with Gasteiger partial charge in [-0.3, -0.25) is 0 Å². The second-order valence-electron chi connectivity index (χ2n) is 18.6. The fourth-order valence-electron chi connectivity index (χ4n) is 6.56. The van der Waals surface area contributed by atoms with Crippen LogP contribution in [-0.2, 0) is 9.47 Å². The van der Waals surface area contributed by atoms with Crippen LogP contribution in [0.3, 0.4) is 0 Å². The highest BCUT2D eigenvalue weighted by atomic mass is 28.3. The van der Waals surface area contributed by atoms with Gasteiger partial charge in [0.05, 0.1) is 0 Å². The van der Waals surface area contributed by atoms with E-state index in [1.54, 1.807) is 0 Å². The summed E-state index contributed by atoms with van der Waals surface area (Å²) in [4.78, 5) is 56.7. The molecule has 3 saturated carbocycles. The average molecular weight is 816 g/mol. The summed E-state index contributed by atoms with van der Waals surface area (Å²) in [5.41, 5.74) is 20.4. The molecule has 3 rings (SSSR count). The molecule has 0 aliphatic heterocycles. The van der Waals surface area contributed by atoms with E-state index in [9.17, 15) is 24.1 Å². The number of primary amides is 2. The molecule has 0 bridgehead atoms. The first-order valence-electron chi connectivity index (χ1n) is 20.7. The van der Waals surface area contributed by atoms with Crippen LogP contribution >= 0.6 is 0 Å². The number of hydrogen-bond donors (Lipinski definition) is 8. The Hall–Kier alpha value is -3.18. The molecule has 0 spiro atoms. The van der Waals surface area contributed by atoms with E-state index >= 15 is 0 Å². The fraction of sp³-hybridized carbons (Fsp3) is 0.897. The molecule has 0 atom stereocenters. The standard InChI is InChI=1S/C14H27N3O3.C13H26N2O2.C9H19N3O.C3H9NOSi/c1-14(2,3)20-13(19)17-9-11-6-4-10(5-7-11)8-16-12(15)18;1-13(2,3)17-12(16)15-9-11-6-4-10(8-14)5-7-11;10-5-7-1-3-8(4-2-7)6-12-9(11)13;1-6(2,3)4-5/h10-11H,4-9H2,1-3H3,(H,17,19)(H3,15,16,18);10-11H,4-9,14H2,1-3H3,(H,15,16);7-8H,1-6,10H2,(H3,11,12,13);1-3H3. The zero-order valence-corrected chi connectivity index (χ0v) is 37.3. The number of nitrogens with zero attached hydrogens (tertiary/aromatic N) is 1. The quantitative estimate of drug-likeness (QED) is 0.0861. The number of ether oxygens (including phenoxy) is 2. The summed E-state index contributed by atoms with van der Waals surface area (Å²) in [7, 11) is -1.56. The highest BCUT2D eigenvalue weighted by Crippen LogP contribution is 2.29. The monoisotopic (exact) mass is 816 g/mol. The van der Waals surface area contributed by atoms with E-state index in [0.717, 1.165) is 64.7 Å². The Bertz CT molecular complexity index is 1120. The van der Waals surface area contributed by atoms with Gasteiger partial charge in [-0.1, -0.05) is 0 Å². The Kier molecular flexibility index (Phi) is 25.9. The average Bonchev–Trinajstić information content (AvgIpc) is 3.11. The minimum absolute atomic E-state index is 0.307. The lowest BCUT2D eigenvalue weighted by Crippen LogP contribution is -2.38. The minimum atomic E-state index is -1.56. The number of rotatable bonds is 11. The van der Waals surface area contributed by atoms with Gasteiger partial charge in [0.25, 0.3) is 0 Å². The van der Waals surface area contributed by atoms with E-state index < -0.39 is 31.5 Å². The van der Waals surface area contributed by atoms with E-state index in [0.29, 0.717) is 48.6 Å². The molecule has 6 amide bonds. The van der Waals surface area contributed by atoms with Gasteiger partial charge >= 0.3 is 24.2 Å². The molecule has 16 nitrogen and oxygen atoms in total. The van der Waals surface area contributed by atoms with Crippen LogP contribution in [0.25, 0.3) is 0 Å². The number of carbonyl (C=O) groups is 4. The zero-order chi connectivity index (χ0) is 43.0. The predicted molar refractivity (Wildman–Crippen MR) is 227 cm³/mol. The first-order chi connectivity index (χ1) is 25.9. The summed E-state index contributed by atoms with van der Waals surface area (Å²) in [5, 5.41) is 11.0. The molecule has 17 heteroatoms. The third-order valence-electron chi connectivity index (χ3n) is 9.84. The first-order valence-corrected chi connectivity index (χ1v) is 24.1. The maximum Gasteiger partial charge on any atom is 0.407 e. The number of hydrogen-bond acceptors (Lipinski definition) is 10. The van der Waals surface area contributed by atoms with Crippen molar-refractivity contribution in [2.24, 2.45) is 63.3 Å². The normalized spacial score (nSPS) is 23.7. The maximum absolute atomic E-state index is 11.5. The van der Waals surface area contributed by atoms with Crippen molar-refractivity contribution < 1.29 is 28.7 Å². The van der Waals surface area contributed by atoms with E-state index in [-0.39, 0.29) is 12.2 Å². The van der Waals surface area contributed by atoms with Crippen LogP contribution < -0.4 is 44.2 Å². The van der Waals surface area contributed by atoms with Crippen molar-refractivity contribution in [3.63, 3.8) is 0 Å². The lowest BCUT2D eigenvalue weighted by molar-refractivity contribution is 0.0502. The zero-order valence-electron chi connectivity index (χ0n) is 36.3. The van der Waals surface area contributed by atoms with Crippen molar-refractivity contribution in [1.29, 1.82) is 0 Å². The number of urea groups is 2. The molecule has 0 saturated heterocycles. The van der Waals surface area contributed by atoms with Gasteiger partial charge < -0.3 is 53.7 Å². The van der Waals surface area contributed by atoms with Gasteiger partial charge in [0.15, 0.2) is 0 Å². The Morgan fingerprint density at radius 2 is 0.732 bits per heavy atom. The van der Waals surface area contributed by atoms with Gasteiger partial charge in [0.1, 0.15) is 11.2 Å². The van der Waals surface area contributed by atoms with Crippen LogP contribution in [0.2, 0.25) is 19.6 Å². The Morgan fingerprint density at radius 1 is 0.518 bits per heavy atom. The molecule has 3 aliphatic rings. The van der Waals surface area contributed by atoms with Crippen LogP contribution in [-0.4, -0.2) is 83.0 Å². The smallest absolute Gasteiger partial charge is 0.407 e. The van der Waals surface area contributed by atoms with Crippen LogP contribution in [0.4, 0.5) is 19.2 Å². The molecular weight excluding hydrogens is 735 g/mol. The second-order valence-corrected chi connectivity index (χ2v) is 23.2. The number of alkyl carbamates (subject to hydrolysis) is 2. The minimum Gasteiger partial charge on any atom is -0.444 e. The van der Waals surface area contributed by atoms with E-state index in [4.69, 9.17) is 32.4 Å². The van der Waals surface area contributed by atoms with Gasteiger partial charge in [-0.2, -0.15) is 4.91 Å². The lowest BCUT2D eigenvalue weighted by Gasteiger charge is -2.29. The van der Waals surface area contributed by atoms with Gasteiger partial charge in [0.2, 0.25) is 8.24 Å². The largest absolute Gasteiger partial charge is 0.444 e. The van der Waals surface area contributed by atoms with Gasteiger partial charge in [0, 0.05) is 26.2 Å². The highest BCUT2D eigenvalue weighted by molar-refractivity contribution is 6.74. The van der Waals surface area contributed by atoms with Crippen LogP contribution in [0.1, 0.15) is 119 Å². The highest BCUT2D eigenvalue weighted by Gasteiger charge is 2.24. The van der Waals surface area contributed by atoms with Crippen LogP contribution in [0, 0.1) is 40.4 Å². The third-order valence-corrected chi connectivity index (χ3v) is 10.4. The maximum atomic E-state index is 11.5. The Labute approximate surface area is 338 Å². The SMILES string of the molecule is CC(C)(C)OC(=O)NCC1CCC(CN)CC1.CC(C)(C)OC(=O)NCC1CCC(CNC(N)=O)CC1.C[Si](C)(C)N=O.NCC1CCC(CNC(N)=O)CC1. The summed E-state index contributed by atoms with van der Waals surface area (Å²) in [6.45, 7) is 21.3. The van der Waals surface area contributed by atoms with Crippen molar-refractivity contribution in [2.45, 2.75) is 149 Å². The molecule has 0 unspecified atom stereocenters. The molecule has 328 valence electrons. The topological polar surface area (TPSA) is 268 Å². The number of nitrogens with two attached hydrogens (primary N) is 4. The molecule has 3 aliphatic carbocycles. The molecule has 56 heavy (non-hydrogen) atoms.